The lowest BCUT2D eigenvalue weighted by atomic mass is 10.1. The Bertz CT molecular complexity index is 360. The standard InChI is InChI=1S/C10H11NO3/c11-10(14)6-5-9(13)7-3-1-2-4-8(7)12/h1-4,12H,5-6H2,(H2,11,14). The van der Waals surface area contributed by atoms with Crippen molar-refractivity contribution in [1.82, 2.24) is 0 Å². The molecule has 0 fully saturated rings. The predicted molar refractivity (Wildman–Crippen MR) is 50.9 cm³/mol. The molecule has 1 aromatic rings. The topological polar surface area (TPSA) is 80.4 Å². The van der Waals surface area contributed by atoms with Crippen LogP contribution in [0.1, 0.15) is 23.2 Å². The second-order valence-electron chi connectivity index (χ2n) is 2.91. The fourth-order valence-electron chi connectivity index (χ4n) is 1.08. The Balaban J connectivity index is 2.70. The number of aromatic hydroxyl groups is 1. The molecule has 4 nitrogen and oxygen atoms in total. The highest BCUT2D eigenvalue weighted by Crippen LogP contribution is 2.17. The van der Waals surface area contributed by atoms with Gasteiger partial charge >= 0.3 is 0 Å². The molecular weight excluding hydrogens is 182 g/mol. The van der Waals surface area contributed by atoms with Crippen molar-refractivity contribution in [3.05, 3.63) is 29.8 Å². The van der Waals surface area contributed by atoms with Crippen molar-refractivity contribution in [3.8, 4) is 5.75 Å². The Hall–Kier alpha value is -1.84. The highest BCUT2D eigenvalue weighted by Gasteiger charge is 2.10. The molecule has 1 rings (SSSR count). The van der Waals surface area contributed by atoms with Crippen LogP contribution >= 0.6 is 0 Å². The van der Waals surface area contributed by atoms with E-state index in [4.69, 9.17) is 5.73 Å². The molecule has 0 saturated carbocycles. The van der Waals surface area contributed by atoms with Crippen LogP contribution < -0.4 is 5.73 Å². The summed E-state index contributed by atoms with van der Waals surface area (Å²) in [5, 5.41) is 9.31. The summed E-state index contributed by atoms with van der Waals surface area (Å²) in [6.07, 6.45) is 0.0417. The maximum atomic E-state index is 11.4. The van der Waals surface area contributed by atoms with E-state index in [0.29, 0.717) is 0 Å². The van der Waals surface area contributed by atoms with E-state index in [1.165, 1.54) is 12.1 Å². The minimum atomic E-state index is -0.520. The van der Waals surface area contributed by atoms with Gasteiger partial charge in [0.15, 0.2) is 5.78 Å². The SMILES string of the molecule is NC(=O)CCC(=O)c1ccccc1O. The first-order valence-electron chi connectivity index (χ1n) is 4.20. The molecule has 3 N–H and O–H groups in total. The zero-order chi connectivity index (χ0) is 10.6. The normalized spacial score (nSPS) is 9.71. The van der Waals surface area contributed by atoms with Gasteiger partial charge < -0.3 is 10.8 Å². The summed E-state index contributed by atoms with van der Waals surface area (Å²) in [5.41, 5.74) is 5.13. The number of carbonyl (C=O) groups excluding carboxylic acids is 2. The van der Waals surface area contributed by atoms with E-state index in [1.54, 1.807) is 12.1 Å². The number of nitrogens with two attached hydrogens (primary N) is 1. The second kappa shape index (κ2) is 4.41. The Morgan fingerprint density at radius 1 is 1.21 bits per heavy atom. The summed E-state index contributed by atoms with van der Waals surface area (Å²) in [4.78, 5) is 21.8. The Morgan fingerprint density at radius 3 is 2.43 bits per heavy atom. The minimum absolute atomic E-state index is 0.00711. The average Bonchev–Trinajstić information content (AvgIpc) is 2.15. The molecule has 0 unspecified atom stereocenters. The molecule has 14 heavy (non-hydrogen) atoms. The van der Waals surface area contributed by atoms with Crippen LogP contribution in [0.2, 0.25) is 0 Å². The van der Waals surface area contributed by atoms with Crippen LogP contribution in [0.15, 0.2) is 24.3 Å². The van der Waals surface area contributed by atoms with Crippen LogP contribution in [0.3, 0.4) is 0 Å². The van der Waals surface area contributed by atoms with Gasteiger partial charge in [-0.3, -0.25) is 9.59 Å². The number of amides is 1. The fourth-order valence-corrected chi connectivity index (χ4v) is 1.08. The van der Waals surface area contributed by atoms with E-state index in [2.05, 4.69) is 0 Å². The summed E-state index contributed by atoms with van der Waals surface area (Å²) < 4.78 is 0. The molecule has 74 valence electrons. The van der Waals surface area contributed by atoms with Crippen molar-refractivity contribution >= 4 is 11.7 Å². The molecule has 0 aliphatic carbocycles. The lowest BCUT2D eigenvalue weighted by Crippen LogP contribution is -2.12. The van der Waals surface area contributed by atoms with E-state index in [0.717, 1.165) is 0 Å². The summed E-state index contributed by atoms with van der Waals surface area (Å²) in [6.45, 7) is 0. The van der Waals surface area contributed by atoms with E-state index in [9.17, 15) is 14.7 Å². The van der Waals surface area contributed by atoms with Crippen molar-refractivity contribution in [2.24, 2.45) is 5.73 Å². The summed E-state index contributed by atoms with van der Waals surface area (Å²) in [5.74, 6) is -0.863. The third-order valence-electron chi connectivity index (χ3n) is 1.80. The lowest BCUT2D eigenvalue weighted by Gasteiger charge is -2.01. The quantitative estimate of drug-likeness (QED) is 0.695. The van der Waals surface area contributed by atoms with Crippen LogP contribution in [0.5, 0.6) is 5.75 Å². The zero-order valence-electron chi connectivity index (χ0n) is 7.56. The van der Waals surface area contributed by atoms with Gasteiger partial charge in [-0.25, -0.2) is 0 Å². The fraction of sp³-hybridized carbons (Fsp3) is 0.200. The monoisotopic (exact) mass is 193 g/mol. The first-order chi connectivity index (χ1) is 6.61. The van der Waals surface area contributed by atoms with Crippen LogP contribution in [0, 0.1) is 0 Å². The number of primary amides is 1. The largest absolute Gasteiger partial charge is 0.507 e. The van der Waals surface area contributed by atoms with E-state index >= 15 is 0 Å². The van der Waals surface area contributed by atoms with E-state index in [1.807, 2.05) is 0 Å². The number of benzene rings is 1. The van der Waals surface area contributed by atoms with Gasteiger partial charge in [-0.2, -0.15) is 0 Å². The molecule has 0 bridgehead atoms. The summed E-state index contributed by atoms with van der Waals surface area (Å²) in [7, 11) is 0. The Morgan fingerprint density at radius 2 is 1.86 bits per heavy atom. The number of Topliss-reactive ketones (excluding diaryl/α,β-unsaturated/α-hetero) is 1. The molecule has 4 heteroatoms. The zero-order valence-corrected chi connectivity index (χ0v) is 7.56. The van der Waals surface area contributed by atoms with Gasteiger partial charge in [0.2, 0.25) is 5.91 Å². The van der Waals surface area contributed by atoms with Crippen LogP contribution in [0.4, 0.5) is 0 Å². The number of phenolic OH excluding ortho intramolecular Hbond substituents is 1. The summed E-state index contributed by atoms with van der Waals surface area (Å²) >= 11 is 0. The summed E-state index contributed by atoms with van der Waals surface area (Å²) in [6, 6.07) is 6.22. The molecule has 0 radical (unpaired) electrons. The predicted octanol–water partition coefficient (Wildman–Crippen LogP) is 0.840. The molecular formula is C10H11NO3. The molecule has 0 aromatic heterocycles. The molecule has 0 spiro atoms. The molecule has 0 saturated heterocycles. The Labute approximate surface area is 81.3 Å². The third kappa shape index (κ3) is 2.58. The van der Waals surface area contributed by atoms with Crippen molar-refractivity contribution in [2.45, 2.75) is 12.8 Å². The number of rotatable bonds is 4. The number of para-hydroxylation sites is 1. The van der Waals surface area contributed by atoms with Gasteiger partial charge in [-0.1, -0.05) is 12.1 Å². The second-order valence-corrected chi connectivity index (χ2v) is 2.91. The minimum Gasteiger partial charge on any atom is -0.507 e. The first kappa shape index (κ1) is 10.2. The Kier molecular flexibility index (Phi) is 3.23. The maximum Gasteiger partial charge on any atom is 0.217 e. The number of carbonyl (C=O) groups is 2. The van der Waals surface area contributed by atoms with Gasteiger partial charge in [0.05, 0.1) is 5.56 Å². The van der Waals surface area contributed by atoms with E-state index in [-0.39, 0.29) is 29.9 Å². The van der Waals surface area contributed by atoms with Gasteiger partial charge in [-0.15, -0.1) is 0 Å². The third-order valence-corrected chi connectivity index (χ3v) is 1.80. The van der Waals surface area contributed by atoms with Crippen molar-refractivity contribution in [2.75, 3.05) is 0 Å². The molecule has 0 atom stereocenters. The van der Waals surface area contributed by atoms with Crippen molar-refractivity contribution < 1.29 is 14.7 Å². The van der Waals surface area contributed by atoms with Crippen molar-refractivity contribution in [1.29, 1.82) is 0 Å². The van der Waals surface area contributed by atoms with E-state index < -0.39 is 5.91 Å². The lowest BCUT2D eigenvalue weighted by molar-refractivity contribution is -0.118. The van der Waals surface area contributed by atoms with Crippen LogP contribution in [-0.2, 0) is 4.79 Å². The number of phenols is 1. The molecule has 0 aliphatic rings. The number of hydrogen-bond acceptors (Lipinski definition) is 3. The molecule has 1 amide bonds. The molecule has 1 aromatic carbocycles. The number of hydrogen-bond donors (Lipinski definition) is 2. The highest BCUT2D eigenvalue weighted by atomic mass is 16.3. The van der Waals surface area contributed by atoms with Crippen LogP contribution in [0.25, 0.3) is 0 Å². The smallest absolute Gasteiger partial charge is 0.217 e. The van der Waals surface area contributed by atoms with Gasteiger partial charge in [0, 0.05) is 12.8 Å². The first-order valence-corrected chi connectivity index (χ1v) is 4.20. The van der Waals surface area contributed by atoms with Gasteiger partial charge in [0.25, 0.3) is 0 Å². The maximum absolute atomic E-state index is 11.4. The van der Waals surface area contributed by atoms with Crippen molar-refractivity contribution in [3.63, 3.8) is 0 Å². The molecule has 0 aliphatic heterocycles. The van der Waals surface area contributed by atoms with Gasteiger partial charge in [0.1, 0.15) is 5.75 Å². The number of ketones is 1. The average molecular weight is 193 g/mol. The molecule has 0 heterocycles. The van der Waals surface area contributed by atoms with Gasteiger partial charge in [-0.05, 0) is 12.1 Å². The highest BCUT2D eigenvalue weighted by molar-refractivity contribution is 5.99. The van der Waals surface area contributed by atoms with Crippen LogP contribution in [-0.4, -0.2) is 16.8 Å².